The van der Waals surface area contributed by atoms with Gasteiger partial charge in [0.1, 0.15) is 10.9 Å². The topological polar surface area (TPSA) is 43.2 Å². The fraction of sp³-hybridized carbons (Fsp3) is 0.444. The first-order valence-electron chi connectivity index (χ1n) is 7.95. The Hall–Kier alpha value is -1.74. The van der Waals surface area contributed by atoms with Crippen molar-refractivity contribution in [2.45, 2.75) is 19.0 Å². The molecule has 4 nitrogen and oxygen atoms in total. The molecule has 1 saturated heterocycles. The second-order valence-corrected chi connectivity index (χ2v) is 7.50. The standard InChI is InChI=1S/C18H22N4S/c1-21(13-17-6-5-16(10-19)23-17)12-15-7-9-22(2)18(15)14-4-3-8-20-11-14/h3-6,8,11,15,18H,7,9,12-13H2,1-2H3/t15-,18-/m0/s1. The lowest BCUT2D eigenvalue weighted by Gasteiger charge is -2.28. The molecule has 2 atom stereocenters. The first-order valence-corrected chi connectivity index (χ1v) is 8.76. The molecule has 0 radical (unpaired) electrons. The lowest BCUT2D eigenvalue weighted by atomic mass is 9.94. The monoisotopic (exact) mass is 326 g/mol. The second-order valence-electron chi connectivity index (χ2n) is 6.34. The van der Waals surface area contributed by atoms with Crippen LogP contribution >= 0.6 is 11.3 Å². The molecule has 0 saturated carbocycles. The summed E-state index contributed by atoms with van der Waals surface area (Å²) in [6, 6.07) is 10.9. The van der Waals surface area contributed by atoms with Crippen LogP contribution in [0.5, 0.6) is 0 Å². The van der Waals surface area contributed by atoms with Crippen molar-refractivity contribution in [2.24, 2.45) is 5.92 Å². The third kappa shape index (κ3) is 3.78. The number of hydrogen-bond donors (Lipinski definition) is 0. The van der Waals surface area contributed by atoms with Crippen LogP contribution in [0.3, 0.4) is 0 Å². The maximum atomic E-state index is 8.94. The number of rotatable bonds is 5. The van der Waals surface area contributed by atoms with Gasteiger partial charge in [-0.2, -0.15) is 5.26 Å². The average molecular weight is 326 g/mol. The van der Waals surface area contributed by atoms with E-state index < -0.39 is 0 Å². The van der Waals surface area contributed by atoms with Crippen molar-refractivity contribution in [1.82, 2.24) is 14.8 Å². The summed E-state index contributed by atoms with van der Waals surface area (Å²) in [5.74, 6) is 0.615. The Morgan fingerprint density at radius 1 is 1.43 bits per heavy atom. The Morgan fingerprint density at radius 2 is 2.30 bits per heavy atom. The quantitative estimate of drug-likeness (QED) is 0.846. The lowest BCUT2D eigenvalue weighted by molar-refractivity contribution is 0.214. The molecule has 0 bridgehead atoms. The summed E-state index contributed by atoms with van der Waals surface area (Å²) in [5.41, 5.74) is 1.31. The fourth-order valence-corrected chi connectivity index (χ4v) is 4.43. The smallest absolute Gasteiger partial charge is 0.110 e. The number of nitrogens with zero attached hydrogens (tertiary/aromatic N) is 4. The summed E-state index contributed by atoms with van der Waals surface area (Å²) in [6.45, 7) is 3.10. The molecule has 3 heterocycles. The molecule has 3 rings (SSSR count). The van der Waals surface area contributed by atoms with Crippen molar-refractivity contribution < 1.29 is 0 Å². The predicted octanol–water partition coefficient (Wildman–Crippen LogP) is 3.14. The van der Waals surface area contributed by atoms with Crippen molar-refractivity contribution in [3.8, 4) is 6.07 Å². The molecule has 0 aliphatic carbocycles. The Morgan fingerprint density at radius 3 is 3.00 bits per heavy atom. The van der Waals surface area contributed by atoms with Gasteiger partial charge < -0.3 is 4.90 Å². The van der Waals surface area contributed by atoms with Gasteiger partial charge >= 0.3 is 0 Å². The lowest BCUT2D eigenvalue weighted by Crippen LogP contribution is -2.29. The van der Waals surface area contributed by atoms with Gasteiger partial charge in [-0.3, -0.25) is 9.88 Å². The first kappa shape index (κ1) is 16.1. The number of pyridine rings is 1. The average Bonchev–Trinajstić information content (AvgIpc) is 3.15. The van der Waals surface area contributed by atoms with Gasteiger partial charge in [0, 0.05) is 36.4 Å². The van der Waals surface area contributed by atoms with Gasteiger partial charge in [-0.05, 0) is 56.7 Å². The Balaban J connectivity index is 1.65. The molecule has 2 aromatic heterocycles. The summed E-state index contributed by atoms with van der Waals surface area (Å²) >= 11 is 1.59. The van der Waals surface area contributed by atoms with Gasteiger partial charge in [0.25, 0.3) is 0 Å². The van der Waals surface area contributed by atoms with Crippen LogP contribution in [-0.4, -0.2) is 42.0 Å². The van der Waals surface area contributed by atoms with Crippen LogP contribution in [0.2, 0.25) is 0 Å². The highest BCUT2D eigenvalue weighted by Crippen LogP contribution is 2.36. The largest absolute Gasteiger partial charge is 0.301 e. The molecule has 0 unspecified atom stereocenters. The van der Waals surface area contributed by atoms with Gasteiger partial charge in [-0.1, -0.05) is 6.07 Å². The molecular formula is C18H22N4S. The van der Waals surface area contributed by atoms with Crippen molar-refractivity contribution in [3.05, 3.63) is 52.0 Å². The summed E-state index contributed by atoms with van der Waals surface area (Å²) < 4.78 is 0. The van der Waals surface area contributed by atoms with Crippen LogP contribution in [0.15, 0.2) is 36.7 Å². The van der Waals surface area contributed by atoms with Gasteiger partial charge in [-0.15, -0.1) is 11.3 Å². The van der Waals surface area contributed by atoms with E-state index in [4.69, 9.17) is 5.26 Å². The zero-order chi connectivity index (χ0) is 16.2. The summed E-state index contributed by atoms with van der Waals surface area (Å²) in [7, 11) is 4.38. The summed E-state index contributed by atoms with van der Waals surface area (Å²) in [6.07, 6.45) is 5.05. The van der Waals surface area contributed by atoms with Crippen molar-refractivity contribution in [2.75, 3.05) is 27.2 Å². The van der Waals surface area contributed by atoms with E-state index in [-0.39, 0.29) is 0 Å². The number of aromatic nitrogens is 1. The molecule has 1 aliphatic rings. The Bertz CT molecular complexity index is 676. The minimum atomic E-state index is 0.448. The minimum absolute atomic E-state index is 0.448. The first-order chi connectivity index (χ1) is 11.2. The number of thiophene rings is 1. The zero-order valence-electron chi connectivity index (χ0n) is 13.6. The van der Waals surface area contributed by atoms with E-state index >= 15 is 0 Å². The van der Waals surface area contributed by atoms with E-state index in [9.17, 15) is 0 Å². The SMILES string of the molecule is CN(Cc1ccc(C#N)s1)C[C@@H]1CCN(C)[C@H]1c1cccnc1. The summed E-state index contributed by atoms with van der Waals surface area (Å²) in [4.78, 5) is 11.2. The number of nitriles is 1. The maximum absolute atomic E-state index is 8.94. The van der Waals surface area contributed by atoms with E-state index in [1.54, 1.807) is 11.3 Å². The van der Waals surface area contributed by atoms with Gasteiger partial charge in [0.15, 0.2) is 0 Å². The van der Waals surface area contributed by atoms with Crippen LogP contribution in [0, 0.1) is 17.2 Å². The predicted molar refractivity (Wildman–Crippen MR) is 93.1 cm³/mol. The van der Waals surface area contributed by atoms with Crippen LogP contribution < -0.4 is 0 Å². The summed E-state index contributed by atoms with van der Waals surface area (Å²) in [5, 5.41) is 8.94. The number of likely N-dealkylation sites (tertiary alicyclic amines) is 1. The third-order valence-corrected chi connectivity index (χ3v) is 5.52. The minimum Gasteiger partial charge on any atom is -0.301 e. The zero-order valence-corrected chi connectivity index (χ0v) is 14.5. The van der Waals surface area contributed by atoms with Gasteiger partial charge in [-0.25, -0.2) is 0 Å². The molecule has 0 aromatic carbocycles. The van der Waals surface area contributed by atoms with E-state index in [1.165, 1.54) is 16.9 Å². The van der Waals surface area contributed by atoms with Gasteiger partial charge in [0.2, 0.25) is 0 Å². The highest BCUT2D eigenvalue weighted by molar-refractivity contribution is 7.12. The van der Waals surface area contributed by atoms with E-state index in [0.29, 0.717) is 12.0 Å². The van der Waals surface area contributed by atoms with E-state index in [0.717, 1.165) is 24.5 Å². The maximum Gasteiger partial charge on any atom is 0.110 e. The molecule has 0 spiro atoms. The Labute approximate surface area is 142 Å². The van der Waals surface area contributed by atoms with Crippen LogP contribution in [0.4, 0.5) is 0 Å². The molecular weight excluding hydrogens is 304 g/mol. The second kappa shape index (κ2) is 7.22. The van der Waals surface area contributed by atoms with Crippen LogP contribution in [0.1, 0.15) is 27.8 Å². The number of hydrogen-bond acceptors (Lipinski definition) is 5. The van der Waals surface area contributed by atoms with E-state index in [2.05, 4.69) is 47.1 Å². The van der Waals surface area contributed by atoms with E-state index in [1.807, 2.05) is 24.5 Å². The normalized spacial score (nSPS) is 21.7. The highest BCUT2D eigenvalue weighted by atomic mass is 32.1. The molecule has 1 aliphatic heterocycles. The molecule has 1 fully saturated rings. The molecule has 23 heavy (non-hydrogen) atoms. The molecule has 0 N–H and O–H groups in total. The van der Waals surface area contributed by atoms with Crippen molar-refractivity contribution in [3.63, 3.8) is 0 Å². The molecule has 0 amide bonds. The molecule has 120 valence electrons. The molecule has 2 aromatic rings. The Kier molecular flexibility index (Phi) is 5.06. The highest BCUT2D eigenvalue weighted by Gasteiger charge is 2.33. The van der Waals surface area contributed by atoms with Gasteiger partial charge in [0.05, 0.1) is 0 Å². The van der Waals surface area contributed by atoms with Crippen LogP contribution in [-0.2, 0) is 6.54 Å². The van der Waals surface area contributed by atoms with Crippen LogP contribution in [0.25, 0.3) is 0 Å². The molecule has 5 heteroatoms. The van der Waals surface area contributed by atoms with Crippen molar-refractivity contribution >= 4 is 11.3 Å². The van der Waals surface area contributed by atoms with Crippen molar-refractivity contribution in [1.29, 1.82) is 5.26 Å². The fourth-order valence-electron chi connectivity index (χ4n) is 3.55. The third-order valence-electron chi connectivity index (χ3n) is 4.54.